The zero-order chi connectivity index (χ0) is 22.1. The number of rotatable bonds is 5. The number of likely N-dealkylation sites (tertiary alicyclic amines) is 1. The Balaban J connectivity index is 1.33. The summed E-state index contributed by atoms with van der Waals surface area (Å²) in [5, 5.41) is 12.4. The van der Waals surface area contributed by atoms with Gasteiger partial charge in [0.25, 0.3) is 5.91 Å². The monoisotopic (exact) mass is 427 g/mol. The lowest BCUT2D eigenvalue weighted by molar-refractivity contribution is 0.0762. The number of hydrogen-bond donors (Lipinski definition) is 1. The van der Waals surface area contributed by atoms with Crippen molar-refractivity contribution < 1.29 is 13.9 Å². The molecule has 1 amide bonds. The summed E-state index contributed by atoms with van der Waals surface area (Å²) in [7, 11) is 0. The second kappa shape index (κ2) is 8.01. The lowest BCUT2D eigenvalue weighted by atomic mass is 9.69. The zero-order valence-corrected chi connectivity index (χ0v) is 17.4. The van der Waals surface area contributed by atoms with Crippen LogP contribution in [0.2, 0.25) is 0 Å². The Morgan fingerprint density at radius 2 is 1.84 bits per heavy atom. The van der Waals surface area contributed by atoms with E-state index in [1.54, 1.807) is 29.2 Å². The third kappa shape index (κ3) is 3.67. The Hall–Kier alpha value is -3.85. The summed E-state index contributed by atoms with van der Waals surface area (Å²) in [6.45, 7) is 1.31. The molecule has 1 heterocycles. The number of hydrogen-bond acceptors (Lipinski definition) is 4. The van der Waals surface area contributed by atoms with E-state index < -0.39 is 0 Å². The SMILES string of the molecule is N#CN1CC2CC[C@]2(NC(=O)c2ccc(-c3ccccc3Oc3ccc(F)cc3)cc2)C1. The molecule has 0 spiro atoms. The normalized spacial score (nSPS) is 21.2. The number of para-hydroxylation sites is 1. The summed E-state index contributed by atoms with van der Waals surface area (Å²) in [6.07, 6.45) is 4.16. The van der Waals surface area contributed by atoms with Crippen molar-refractivity contribution in [2.24, 2.45) is 5.92 Å². The van der Waals surface area contributed by atoms with E-state index in [0.717, 1.165) is 30.5 Å². The molecule has 2 aliphatic rings. The van der Waals surface area contributed by atoms with Crippen LogP contribution >= 0.6 is 0 Å². The summed E-state index contributed by atoms with van der Waals surface area (Å²) in [6, 6.07) is 20.9. The number of halogens is 1. The lowest BCUT2D eigenvalue weighted by Crippen LogP contribution is -2.60. The molecule has 1 saturated carbocycles. The van der Waals surface area contributed by atoms with E-state index in [1.807, 2.05) is 36.4 Å². The van der Waals surface area contributed by atoms with Gasteiger partial charge < -0.3 is 15.0 Å². The van der Waals surface area contributed by atoms with Gasteiger partial charge in [-0.1, -0.05) is 30.3 Å². The molecule has 1 N–H and O–H groups in total. The molecule has 0 radical (unpaired) electrons. The van der Waals surface area contributed by atoms with Crippen LogP contribution < -0.4 is 10.1 Å². The number of nitrogens with one attached hydrogen (secondary N) is 1. The van der Waals surface area contributed by atoms with Gasteiger partial charge in [0.1, 0.15) is 17.3 Å². The Kier molecular flexibility index (Phi) is 5.02. The van der Waals surface area contributed by atoms with Gasteiger partial charge in [0, 0.05) is 23.6 Å². The van der Waals surface area contributed by atoms with E-state index in [4.69, 9.17) is 4.74 Å². The average molecular weight is 427 g/mol. The number of amides is 1. The lowest BCUT2D eigenvalue weighted by Gasteiger charge is -2.44. The fourth-order valence-corrected chi connectivity index (χ4v) is 4.65. The maximum atomic E-state index is 13.2. The second-order valence-electron chi connectivity index (χ2n) is 8.46. The number of nitrogens with zero attached hydrogens (tertiary/aromatic N) is 2. The number of carbonyl (C=O) groups excluding carboxylic acids is 1. The van der Waals surface area contributed by atoms with E-state index in [1.165, 1.54) is 12.1 Å². The smallest absolute Gasteiger partial charge is 0.251 e. The molecule has 1 aliphatic carbocycles. The molecule has 3 aromatic carbocycles. The number of benzene rings is 3. The van der Waals surface area contributed by atoms with Crippen LogP contribution in [0.1, 0.15) is 23.2 Å². The molecule has 0 aromatic heterocycles. The van der Waals surface area contributed by atoms with Crippen molar-refractivity contribution in [2.75, 3.05) is 13.1 Å². The van der Waals surface area contributed by atoms with Crippen molar-refractivity contribution in [3.8, 4) is 28.8 Å². The zero-order valence-electron chi connectivity index (χ0n) is 17.4. The van der Waals surface area contributed by atoms with E-state index in [9.17, 15) is 14.4 Å². The maximum Gasteiger partial charge on any atom is 0.251 e. The second-order valence-corrected chi connectivity index (χ2v) is 8.46. The highest BCUT2D eigenvalue weighted by Crippen LogP contribution is 2.44. The molecular weight excluding hydrogens is 405 g/mol. The van der Waals surface area contributed by atoms with Crippen LogP contribution in [-0.2, 0) is 0 Å². The predicted octanol–water partition coefficient (Wildman–Crippen LogP) is 4.96. The third-order valence-corrected chi connectivity index (χ3v) is 6.52. The molecular formula is C26H22FN3O2. The van der Waals surface area contributed by atoms with Gasteiger partial charge in [-0.05, 0) is 60.9 Å². The Bertz CT molecular complexity index is 1190. The van der Waals surface area contributed by atoms with Gasteiger partial charge in [0.15, 0.2) is 6.19 Å². The summed E-state index contributed by atoms with van der Waals surface area (Å²) in [5.41, 5.74) is 2.10. The van der Waals surface area contributed by atoms with Crippen molar-refractivity contribution in [3.63, 3.8) is 0 Å². The first-order valence-corrected chi connectivity index (χ1v) is 10.7. The summed E-state index contributed by atoms with van der Waals surface area (Å²) >= 11 is 0. The quantitative estimate of drug-likeness (QED) is 0.585. The van der Waals surface area contributed by atoms with Crippen molar-refractivity contribution in [3.05, 3.63) is 84.2 Å². The molecule has 0 bridgehead atoms. The minimum absolute atomic E-state index is 0.114. The molecule has 5 nitrogen and oxygen atoms in total. The van der Waals surface area contributed by atoms with Gasteiger partial charge in [0.2, 0.25) is 0 Å². The van der Waals surface area contributed by atoms with Crippen LogP contribution in [0.15, 0.2) is 72.8 Å². The Morgan fingerprint density at radius 1 is 1.09 bits per heavy atom. The standard InChI is InChI=1S/C26H22FN3O2/c27-21-9-11-22(12-10-21)32-24-4-2-1-3-23(24)18-5-7-19(8-6-18)25(31)29-26-14-13-20(26)15-30(16-26)17-28/h1-12,20H,13-16H2,(H,29,31)/t20?,26-/m0/s1. The first-order chi connectivity index (χ1) is 15.6. The average Bonchev–Trinajstić information content (AvgIpc) is 3.05. The predicted molar refractivity (Wildman–Crippen MR) is 118 cm³/mol. The third-order valence-electron chi connectivity index (χ3n) is 6.52. The molecule has 160 valence electrons. The highest BCUT2D eigenvalue weighted by atomic mass is 19.1. The number of nitriles is 1. The first kappa shape index (κ1) is 20.1. The molecule has 1 saturated heterocycles. The van der Waals surface area contributed by atoms with E-state index >= 15 is 0 Å². The molecule has 2 fully saturated rings. The Morgan fingerprint density at radius 3 is 2.53 bits per heavy atom. The highest BCUT2D eigenvalue weighted by Gasteiger charge is 2.54. The molecule has 6 heteroatoms. The van der Waals surface area contributed by atoms with E-state index in [-0.39, 0.29) is 17.3 Å². The fourth-order valence-electron chi connectivity index (χ4n) is 4.65. The number of fused-ring (bicyclic) bond motifs is 1. The van der Waals surface area contributed by atoms with Crippen LogP contribution in [0.4, 0.5) is 4.39 Å². The van der Waals surface area contributed by atoms with Gasteiger partial charge in [-0.15, -0.1) is 0 Å². The van der Waals surface area contributed by atoms with Crippen LogP contribution in [0.3, 0.4) is 0 Å². The van der Waals surface area contributed by atoms with Crippen molar-refractivity contribution >= 4 is 5.91 Å². The van der Waals surface area contributed by atoms with Gasteiger partial charge in [0.05, 0.1) is 12.1 Å². The minimum atomic E-state index is -0.315. The van der Waals surface area contributed by atoms with Crippen LogP contribution in [0.25, 0.3) is 11.1 Å². The Labute approximate surface area is 186 Å². The van der Waals surface area contributed by atoms with Crippen molar-refractivity contribution in [2.45, 2.75) is 18.4 Å². The van der Waals surface area contributed by atoms with Gasteiger partial charge in [-0.3, -0.25) is 4.79 Å². The van der Waals surface area contributed by atoms with Crippen molar-refractivity contribution in [1.82, 2.24) is 10.2 Å². The minimum Gasteiger partial charge on any atom is -0.457 e. The highest BCUT2D eigenvalue weighted by molar-refractivity contribution is 5.95. The molecule has 32 heavy (non-hydrogen) atoms. The van der Waals surface area contributed by atoms with Crippen molar-refractivity contribution in [1.29, 1.82) is 5.26 Å². The largest absolute Gasteiger partial charge is 0.457 e. The summed E-state index contributed by atoms with van der Waals surface area (Å²) in [4.78, 5) is 14.6. The summed E-state index contributed by atoms with van der Waals surface area (Å²) < 4.78 is 19.1. The topological polar surface area (TPSA) is 65.4 Å². The van der Waals surface area contributed by atoms with E-state index in [2.05, 4.69) is 11.5 Å². The molecule has 1 aliphatic heterocycles. The van der Waals surface area contributed by atoms with Crippen LogP contribution in [0.5, 0.6) is 11.5 Å². The summed E-state index contributed by atoms with van der Waals surface area (Å²) in [5.74, 6) is 1.12. The van der Waals surface area contributed by atoms with Gasteiger partial charge >= 0.3 is 0 Å². The number of carbonyl (C=O) groups is 1. The first-order valence-electron chi connectivity index (χ1n) is 10.7. The van der Waals surface area contributed by atoms with Gasteiger partial charge in [-0.2, -0.15) is 5.26 Å². The molecule has 1 unspecified atom stereocenters. The maximum absolute atomic E-state index is 13.2. The van der Waals surface area contributed by atoms with E-state index in [0.29, 0.717) is 29.5 Å². The molecule has 3 aromatic rings. The van der Waals surface area contributed by atoms with Crippen LogP contribution in [0, 0.1) is 23.2 Å². The fraction of sp³-hybridized carbons (Fsp3) is 0.231. The molecule has 5 rings (SSSR count). The molecule has 2 atom stereocenters. The van der Waals surface area contributed by atoms with Gasteiger partial charge in [-0.25, -0.2) is 4.39 Å². The number of ether oxygens (including phenoxy) is 1. The van der Waals surface area contributed by atoms with Crippen LogP contribution in [-0.4, -0.2) is 29.4 Å².